The van der Waals surface area contributed by atoms with E-state index in [1.807, 2.05) is 0 Å². The molecular weight excluding hydrogens is 433 g/mol. The van der Waals surface area contributed by atoms with Crippen LogP contribution >= 0.6 is 0 Å². The Hall–Kier alpha value is -3.23. The number of aryl methyl sites for hydroxylation is 1. The van der Waals surface area contributed by atoms with Crippen LogP contribution in [-0.4, -0.2) is 54.1 Å². The van der Waals surface area contributed by atoms with Gasteiger partial charge in [0.25, 0.3) is 0 Å². The van der Waals surface area contributed by atoms with E-state index in [1.165, 1.54) is 41.9 Å². The maximum Gasteiger partial charge on any atom is 0.317 e. The number of nitrogens with zero attached hydrogens (tertiary/aromatic N) is 3. The molecule has 2 aromatic carbocycles. The highest BCUT2D eigenvalue weighted by atomic mass is 19.1. The molecule has 1 atom stereocenters. The molecule has 0 bridgehead atoms. The van der Waals surface area contributed by atoms with E-state index >= 15 is 0 Å². The molecule has 34 heavy (non-hydrogen) atoms. The number of methoxy groups -OCH3 is 1. The summed E-state index contributed by atoms with van der Waals surface area (Å²) >= 11 is 0. The molecule has 1 aromatic heterocycles. The molecule has 8 heteroatoms. The molecule has 180 valence electrons. The zero-order valence-electron chi connectivity index (χ0n) is 19.5. The summed E-state index contributed by atoms with van der Waals surface area (Å²) < 4.78 is 19.9. The average Bonchev–Trinajstić information content (AvgIpc) is 3.56. The van der Waals surface area contributed by atoms with Crippen LogP contribution in [0, 0.1) is 5.82 Å². The second-order valence-electron chi connectivity index (χ2n) is 8.70. The van der Waals surface area contributed by atoms with Crippen LogP contribution in [0.5, 0.6) is 0 Å². The first-order chi connectivity index (χ1) is 16.5. The summed E-state index contributed by atoms with van der Waals surface area (Å²) in [5, 5.41) is 7.02. The number of carbonyl (C=O) groups is 1. The van der Waals surface area contributed by atoms with Crippen molar-refractivity contribution in [3.63, 3.8) is 0 Å². The Kier molecular flexibility index (Phi) is 7.92. The lowest BCUT2D eigenvalue weighted by molar-refractivity contribution is 0.160. The van der Waals surface area contributed by atoms with Crippen molar-refractivity contribution >= 4 is 11.8 Å². The SMILES string of the molecule is COCCN1CCC(c2ccccc2)C1.NC(=O)Nc1c2c(nn1-c1cccc(F)c1)CCC2. The number of primary amides is 1. The molecule has 5 rings (SSSR count). The number of nitrogens with one attached hydrogen (secondary N) is 1. The number of hydrogen-bond acceptors (Lipinski definition) is 4. The maximum atomic E-state index is 13.3. The quantitative estimate of drug-likeness (QED) is 0.574. The topological polar surface area (TPSA) is 85.4 Å². The number of fused-ring (bicyclic) bond motifs is 1. The predicted octanol–water partition coefficient (Wildman–Crippen LogP) is 4.11. The zero-order valence-corrected chi connectivity index (χ0v) is 19.5. The number of ether oxygens (including phenoxy) is 1. The van der Waals surface area contributed by atoms with Gasteiger partial charge in [-0.25, -0.2) is 13.9 Å². The van der Waals surface area contributed by atoms with Crippen LogP contribution in [0.2, 0.25) is 0 Å². The second kappa shape index (κ2) is 11.3. The molecule has 0 spiro atoms. The highest BCUT2D eigenvalue weighted by Crippen LogP contribution is 2.31. The zero-order chi connectivity index (χ0) is 23.9. The first-order valence-corrected chi connectivity index (χ1v) is 11.7. The first-order valence-electron chi connectivity index (χ1n) is 11.7. The number of aromatic nitrogens is 2. The van der Waals surface area contributed by atoms with E-state index < -0.39 is 6.03 Å². The third kappa shape index (κ3) is 5.81. The number of benzene rings is 2. The minimum atomic E-state index is -0.646. The van der Waals surface area contributed by atoms with Crippen LogP contribution in [0.15, 0.2) is 54.6 Å². The predicted molar refractivity (Wildman–Crippen MR) is 131 cm³/mol. The van der Waals surface area contributed by atoms with E-state index in [9.17, 15) is 9.18 Å². The number of halogens is 1. The first kappa shape index (κ1) is 23.9. The fraction of sp³-hybridized carbons (Fsp3) is 0.385. The van der Waals surface area contributed by atoms with Crippen LogP contribution in [0.1, 0.15) is 35.6 Å². The number of hydrogen-bond donors (Lipinski definition) is 2. The third-order valence-electron chi connectivity index (χ3n) is 6.36. The fourth-order valence-electron chi connectivity index (χ4n) is 4.68. The van der Waals surface area contributed by atoms with Crippen molar-refractivity contribution in [2.75, 3.05) is 38.7 Å². The van der Waals surface area contributed by atoms with Gasteiger partial charge in [0.05, 0.1) is 18.0 Å². The molecule has 3 N–H and O–H groups in total. The highest BCUT2D eigenvalue weighted by Gasteiger charge is 2.24. The molecule has 0 radical (unpaired) electrons. The summed E-state index contributed by atoms with van der Waals surface area (Å²) in [6.07, 6.45) is 4.01. The molecule has 1 aliphatic heterocycles. The average molecular weight is 466 g/mol. The lowest BCUT2D eigenvalue weighted by Gasteiger charge is -2.15. The largest absolute Gasteiger partial charge is 0.383 e. The van der Waals surface area contributed by atoms with Crippen molar-refractivity contribution in [1.29, 1.82) is 0 Å². The minimum Gasteiger partial charge on any atom is -0.383 e. The van der Waals surface area contributed by atoms with E-state index in [2.05, 4.69) is 45.6 Å². The molecular formula is C26H32FN5O2. The Labute approximate surface area is 199 Å². The Bertz CT molecular complexity index is 1100. The maximum absolute atomic E-state index is 13.3. The number of amides is 2. The number of anilines is 1. The van der Waals surface area contributed by atoms with Crippen molar-refractivity contribution in [2.45, 2.75) is 31.6 Å². The van der Waals surface area contributed by atoms with Gasteiger partial charge in [0.15, 0.2) is 0 Å². The molecule has 2 aliphatic rings. The monoisotopic (exact) mass is 465 g/mol. The van der Waals surface area contributed by atoms with Crippen LogP contribution in [0.4, 0.5) is 15.0 Å². The molecule has 1 fully saturated rings. The van der Waals surface area contributed by atoms with Crippen molar-refractivity contribution in [1.82, 2.24) is 14.7 Å². The van der Waals surface area contributed by atoms with E-state index in [-0.39, 0.29) is 5.82 Å². The lowest BCUT2D eigenvalue weighted by Crippen LogP contribution is -2.24. The van der Waals surface area contributed by atoms with Crippen LogP contribution in [0.25, 0.3) is 5.69 Å². The fourth-order valence-corrected chi connectivity index (χ4v) is 4.68. The Morgan fingerprint density at radius 1 is 1.21 bits per heavy atom. The molecule has 1 aliphatic carbocycles. The third-order valence-corrected chi connectivity index (χ3v) is 6.36. The molecule has 0 saturated carbocycles. The lowest BCUT2D eigenvalue weighted by atomic mass is 9.99. The number of nitrogens with two attached hydrogens (primary N) is 1. The Morgan fingerprint density at radius 2 is 2.03 bits per heavy atom. The standard InChI is InChI=1S/C13H13FN4O.C13H19NO/c14-8-3-1-4-9(7-8)18-12(16-13(15)19)10-5-2-6-11(10)17-18;1-15-10-9-14-8-7-13(11-14)12-5-3-2-4-6-12/h1,3-4,7H,2,5-6H2,(H3,15,16,19);2-6,13H,7-11H2,1H3. The summed E-state index contributed by atoms with van der Waals surface area (Å²) in [6.45, 7) is 4.32. The van der Waals surface area contributed by atoms with E-state index in [4.69, 9.17) is 10.5 Å². The van der Waals surface area contributed by atoms with Crippen molar-refractivity contribution < 1.29 is 13.9 Å². The molecule has 1 saturated heterocycles. The number of carbonyl (C=O) groups excluding carboxylic acids is 1. The van der Waals surface area contributed by atoms with Crippen LogP contribution < -0.4 is 11.1 Å². The molecule has 2 amide bonds. The van der Waals surface area contributed by atoms with Crippen molar-refractivity contribution in [2.24, 2.45) is 5.73 Å². The van der Waals surface area contributed by atoms with Crippen molar-refractivity contribution in [3.8, 4) is 5.69 Å². The summed E-state index contributed by atoms with van der Waals surface area (Å²) in [5.74, 6) is 0.923. The highest BCUT2D eigenvalue weighted by molar-refractivity contribution is 5.88. The summed E-state index contributed by atoms with van der Waals surface area (Å²) in [6, 6.07) is 16.3. The summed E-state index contributed by atoms with van der Waals surface area (Å²) in [7, 11) is 1.77. The van der Waals surface area contributed by atoms with Gasteiger partial charge in [-0.05, 0) is 61.9 Å². The second-order valence-corrected chi connectivity index (χ2v) is 8.70. The molecule has 1 unspecified atom stereocenters. The van der Waals surface area contributed by atoms with E-state index in [0.29, 0.717) is 11.5 Å². The Morgan fingerprint density at radius 3 is 2.76 bits per heavy atom. The van der Waals surface area contributed by atoms with Gasteiger partial charge in [-0.15, -0.1) is 0 Å². The summed E-state index contributed by atoms with van der Waals surface area (Å²) in [5.41, 5.74) is 9.17. The Balaban J connectivity index is 0.000000166. The molecule has 7 nitrogen and oxygen atoms in total. The number of urea groups is 1. The molecule has 2 heterocycles. The van der Waals surface area contributed by atoms with Gasteiger partial charge in [-0.3, -0.25) is 5.32 Å². The van der Waals surface area contributed by atoms with Gasteiger partial charge in [0.2, 0.25) is 0 Å². The number of likely N-dealkylation sites (tertiary alicyclic amines) is 1. The van der Waals surface area contributed by atoms with E-state index in [1.54, 1.807) is 19.2 Å². The normalized spacial score (nSPS) is 17.2. The minimum absolute atomic E-state index is 0.349. The van der Waals surface area contributed by atoms with Crippen LogP contribution in [0.3, 0.4) is 0 Å². The van der Waals surface area contributed by atoms with Gasteiger partial charge in [0, 0.05) is 25.8 Å². The smallest absolute Gasteiger partial charge is 0.317 e. The van der Waals surface area contributed by atoms with Crippen LogP contribution in [-0.2, 0) is 17.6 Å². The van der Waals surface area contributed by atoms with Crippen molar-refractivity contribution in [3.05, 3.63) is 77.2 Å². The van der Waals surface area contributed by atoms with Gasteiger partial charge in [-0.2, -0.15) is 5.10 Å². The number of rotatable bonds is 6. The van der Waals surface area contributed by atoms with Gasteiger partial charge >= 0.3 is 6.03 Å². The van der Waals surface area contributed by atoms with Gasteiger partial charge < -0.3 is 15.4 Å². The van der Waals surface area contributed by atoms with Gasteiger partial charge in [-0.1, -0.05) is 36.4 Å². The molecule has 3 aromatic rings. The summed E-state index contributed by atoms with van der Waals surface area (Å²) in [4.78, 5) is 13.6. The van der Waals surface area contributed by atoms with Gasteiger partial charge in [0.1, 0.15) is 11.6 Å². The van der Waals surface area contributed by atoms with E-state index in [0.717, 1.165) is 49.6 Å².